The van der Waals surface area contributed by atoms with Gasteiger partial charge in [0, 0.05) is 29.5 Å². The first kappa shape index (κ1) is 11.9. The van der Waals surface area contributed by atoms with Gasteiger partial charge in [0.2, 0.25) is 0 Å². The number of hydrogen-bond donors (Lipinski definition) is 0. The van der Waals surface area contributed by atoms with Crippen LogP contribution in [0.1, 0.15) is 5.56 Å². The van der Waals surface area contributed by atoms with Crippen LogP contribution in [0.4, 0.5) is 0 Å². The molecular formula is C14H10ClN3O. The Morgan fingerprint density at radius 3 is 2.58 bits per heavy atom. The molecule has 0 amide bonds. The van der Waals surface area contributed by atoms with Crippen molar-refractivity contribution in [3.63, 3.8) is 0 Å². The van der Waals surface area contributed by atoms with Crippen molar-refractivity contribution in [2.45, 2.75) is 5.88 Å². The molecule has 0 spiro atoms. The molecule has 94 valence electrons. The Labute approximate surface area is 115 Å². The van der Waals surface area contributed by atoms with Gasteiger partial charge in [0.15, 0.2) is 5.75 Å². The van der Waals surface area contributed by atoms with E-state index in [1.54, 1.807) is 18.6 Å². The summed E-state index contributed by atoms with van der Waals surface area (Å²) >= 11 is 5.69. The number of aromatic nitrogens is 3. The van der Waals surface area contributed by atoms with Gasteiger partial charge in [-0.25, -0.2) is 9.97 Å². The zero-order valence-electron chi connectivity index (χ0n) is 9.95. The first-order valence-electron chi connectivity index (χ1n) is 5.75. The molecule has 2 aromatic heterocycles. The van der Waals surface area contributed by atoms with Crippen LogP contribution in [-0.4, -0.2) is 15.0 Å². The van der Waals surface area contributed by atoms with Crippen molar-refractivity contribution in [1.82, 2.24) is 15.0 Å². The molecule has 0 fully saturated rings. The second-order valence-electron chi connectivity index (χ2n) is 3.94. The van der Waals surface area contributed by atoms with E-state index in [4.69, 9.17) is 16.3 Å². The Balaban J connectivity index is 1.96. The number of pyridine rings is 1. The minimum Gasteiger partial charge on any atom is -0.422 e. The first-order valence-corrected chi connectivity index (χ1v) is 6.29. The van der Waals surface area contributed by atoms with Crippen LogP contribution in [0, 0.1) is 0 Å². The van der Waals surface area contributed by atoms with E-state index in [-0.39, 0.29) is 6.01 Å². The average Bonchev–Trinajstić information content (AvgIpc) is 2.48. The second-order valence-corrected chi connectivity index (χ2v) is 4.21. The number of ether oxygens (including phenoxy) is 1. The van der Waals surface area contributed by atoms with Gasteiger partial charge in [-0.2, -0.15) is 0 Å². The fourth-order valence-corrected chi connectivity index (χ4v) is 1.86. The summed E-state index contributed by atoms with van der Waals surface area (Å²) in [6, 6.07) is 9.88. The van der Waals surface area contributed by atoms with Gasteiger partial charge in [-0.05, 0) is 12.1 Å². The Morgan fingerprint density at radius 2 is 1.79 bits per heavy atom. The van der Waals surface area contributed by atoms with Gasteiger partial charge in [0.05, 0.1) is 5.88 Å². The molecule has 0 aliphatic heterocycles. The monoisotopic (exact) mass is 271 g/mol. The van der Waals surface area contributed by atoms with Gasteiger partial charge >= 0.3 is 6.01 Å². The quantitative estimate of drug-likeness (QED) is 0.684. The van der Waals surface area contributed by atoms with E-state index in [0.717, 1.165) is 16.5 Å². The summed E-state index contributed by atoms with van der Waals surface area (Å²) in [5.74, 6) is 1.02. The summed E-state index contributed by atoms with van der Waals surface area (Å²) in [5, 5.41) is 1.01. The SMILES string of the molecule is ClCc1cnc(Oc2cccc3cccnc23)nc1. The summed E-state index contributed by atoms with van der Waals surface area (Å²) in [6.45, 7) is 0. The Hall–Kier alpha value is -2.20. The average molecular weight is 272 g/mol. The Morgan fingerprint density at radius 1 is 1.00 bits per heavy atom. The molecule has 0 aliphatic carbocycles. The minimum absolute atomic E-state index is 0.284. The van der Waals surface area contributed by atoms with Crippen LogP contribution in [0.2, 0.25) is 0 Å². The van der Waals surface area contributed by atoms with Crippen LogP contribution in [-0.2, 0) is 5.88 Å². The van der Waals surface area contributed by atoms with Crippen LogP contribution in [0.5, 0.6) is 11.8 Å². The van der Waals surface area contributed by atoms with Gasteiger partial charge in [-0.15, -0.1) is 11.6 Å². The predicted octanol–water partition coefficient (Wildman–Crippen LogP) is 3.56. The highest BCUT2D eigenvalue weighted by Crippen LogP contribution is 2.26. The van der Waals surface area contributed by atoms with E-state index in [2.05, 4.69) is 15.0 Å². The first-order chi connectivity index (χ1) is 9.36. The largest absolute Gasteiger partial charge is 0.422 e. The number of benzene rings is 1. The highest BCUT2D eigenvalue weighted by atomic mass is 35.5. The Kier molecular flexibility index (Phi) is 3.25. The van der Waals surface area contributed by atoms with E-state index < -0.39 is 0 Å². The molecule has 0 N–H and O–H groups in total. The van der Waals surface area contributed by atoms with Crippen molar-refractivity contribution in [3.8, 4) is 11.8 Å². The molecule has 0 saturated carbocycles. The normalized spacial score (nSPS) is 10.6. The van der Waals surface area contributed by atoms with Crippen molar-refractivity contribution < 1.29 is 4.74 Å². The van der Waals surface area contributed by atoms with E-state index in [9.17, 15) is 0 Å². The molecule has 0 saturated heterocycles. The molecule has 0 bridgehead atoms. The van der Waals surface area contributed by atoms with Gasteiger partial charge in [-0.1, -0.05) is 18.2 Å². The van der Waals surface area contributed by atoms with Crippen molar-refractivity contribution in [2.75, 3.05) is 0 Å². The summed E-state index contributed by atoms with van der Waals surface area (Å²) in [7, 11) is 0. The number of fused-ring (bicyclic) bond motifs is 1. The van der Waals surface area contributed by atoms with Gasteiger partial charge in [-0.3, -0.25) is 4.98 Å². The number of hydrogen-bond acceptors (Lipinski definition) is 4. The summed E-state index contributed by atoms with van der Waals surface area (Å²) in [6.07, 6.45) is 5.02. The summed E-state index contributed by atoms with van der Waals surface area (Å²) in [5.41, 5.74) is 1.64. The van der Waals surface area contributed by atoms with Gasteiger partial charge < -0.3 is 4.74 Å². The van der Waals surface area contributed by atoms with Crippen LogP contribution in [0.25, 0.3) is 10.9 Å². The van der Waals surface area contributed by atoms with Crippen LogP contribution < -0.4 is 4.74 Å². The third-order valence-electron chi connectivity index (χ3n) is 2.63. The molecule has 0 radical (unpaired) electrons. The second kappa shape index (κ2) is 5.20. The number of nitrogens with zero attached hydrogens (tertiary/aromatic N) is 3. The number of halogens is 1. The molecule has 0 aliphatic rings. The standard InChI is InChI=1S/C14H10ClN3O/c15-7-10-8-17-14(18-9-10)19-12-5-1-3-11-4-2-6-16-13(11)12/h1-6,8-9H,7H2. The maximum absolute atomic E-state index is 5.69. The fourth-order valence-electron chi connectivity index (χ4n) is 1.72. The molecule has 19 heavy (non-hydrogen) atoms. The molecule has 1 aromatic carbocycles. The lowest BCUT2D eigenvalue weighted by atomic mass is 10.2. The van der Waals surface area contributed by atoms with E-state index >= 15 is 0 Å². The van der Waals surface area contributed by atoms with E-state index in [0.29, 0.717) is 11.6 Å². The lowest BCUT2D eigenvalue weighted by molar-refractivity contribution is 0.445. The van der Waals surface area contributed by atoms with E-state index in [1.165, 1.54) is 0 Å². The molecule has 3 rings (SSSR count). The molecule has 5 heteroatoms. The van der Waals surface area contributed by atoms with Gasteiger partial charge in [0.1, 0.15) is 5.52 Å². The molecular weight excluding hydrogens is 262 g/mol. The molecule has 0 atom stereocenters. The third kappa shape index (κ3) is 2.48. The van der Waals surface area contributed by atoms with Crippen molar-refractivity contribution >= 4 is 22.5 Å². The zero-order chi connectivity index (χ0) is 13.1. The molecule has 2 heterocycles. The van der Waals surface area contributed by atoms with Gasteiger partial charge in [0.25, 0.3) is 0 Å². The minimum atomic E-state index is 0.284. The lowest BCUT2D eigenvalue weighted by Gasteiger charge is -2.06. The Bertz CT molecular complexity index is 695. The number of rotatable bonds is 3. The van der Waals surface area contributed by atoms with Crippen molar-refractivity contribution in [2.24, 2.45) is 0 Å². The lowest BCUT2D eigenvalue weighted by Crippen LogP contribution is -1.94. The topological polar surface area (TPSA) is 47.9 Å². The van der Waals surface area contributed by atoms with Crippen LogP contribution >= 0.6 is 11.6 Å². The van der Waals surface area contributed by atoms with E-state index in [1.807, 2.05) is 30.3 Å². The number of alkyl halides is 1. The maximum Gasteiger partial charge on any atom is 0.321 e. The summed E-state index contributed by atoms with van der Waals surface area (Å²) < 4.78 is 5.66. The summed E-state index contributed by atoms with van der Waals surface area (Å²) in [4.78, 5) is 12.5. The number of para-hydroxylation sites is 1. The van der Waals surface area contributed by atoms with Crippen LogP contribution in [0.15, 0.2) is 48.9 Å². The maximum atomic E-state index is 5.69. The van der Waals surface area contributed by atoms with Crippen molar-refractivity contribution in [3.05, 3.63) is 54.5 Å². The predicted molar refractivity (Wildman–Crippen MR) is 73.4 cm³/mol. The fraction of sp³-hybridized carbons (Fsp3) is 0.0714. The highest BCUT2D eigenvalue weighted by Gasteiger charge is 2.05. The zero-order valence-corrected chi connectivity index (χ0v) is 10.7. The molecule has 3 aromatic rings. The molecule has 4 nitrogen and oxygen atoms in total. The smallest absolute Gasteiger partial charge is 0.321 e. The molecule has 0 unspecified atom stereocenters. The van der Waals surface area contributed by atoms with Crippen LogP contribution in [0.3, 0.4) is 0 Å². The third-order valence-corrected chi connectivity index (χ3v) is 2.94. The van der Waals surface area contributed by atoms with Crippen molar-refractivity contribution in [1.29, 1.82) is 0 Å². The highest BCUT2D eigenvalue weighted by molar-refractivity contribution is 6.17.